The van der Waals surface area contributed by atoms with E-state index in [1.807, 2.05) is 27.2 Å². The summed E-state index contributed by atoms with van der Waals surface area (Å²) in [6, 6.07) is 0.213. The molecular formula is C19H27N9OS. The van der Waals surface area contributed by atoms with Gasteiger partial charge in [0.05, 0.1) is 17.5 Å². The lowest BCUT2D eigenvalue weighted by atomic mass is 10.1. The molecule has 0 radical (unpaired) electrons. The van der Waals surface area contributed by atoms with Crippen molar-refractivity contribution in [1.82, 2.24) is 24.5 Å². The Morgan fingerprint density at radius 2 is 2.10 bits per heavy atom. The highest BCUT2D eigenvalue weighted by atomic mass is 32.1. The number of nitrogens with two attached hydrogens (primary N) is 2. The van der Waals surface area contributed by atoms with Crippen molar-refractivity contribution >= 4 is 33.8 Å². The van der Waals surface area contributed by atoms with Crippen LogP contribution in [0.3, 0.4) is 0 Å². The van der Waals surface area contributed by atoms with Crippen LogP contribution in [0.1, 0.15) is 35.4 Å². The number of hydrogen-bond acceptors (Lipinski definition) is 8. The summed E-state index contributed by atoms with van der Waals surface area (Å²) < 4.78 is 3.50. The van der Waals surface area contributed by atoms with Gasteiger partial charge in [0.25, 0.3) is 5.91 Å². The Hall–Kier alpha value is -2.92. The largest absolute Gasteiger partial charge is 0.389 e. The van der Waals surface area contributed by atoms with E-state index in [0.717, 1.165) is 49.4 Å². The van der Waals surface area contributed by atoms with Gasteiger partial charge in [0, 0.05) is 39.4 Å². The number of nitrogen functional groups attached to an aromatic ring is 1. The molecule has 0 unspecified atom stereocenters. The molecule has 10 nitrogen and oxygen atoms in total. The van der Waals surface area contributed by atoms with E-state index in [1.54, 1.807) is 15.6 Å². The fourth-order valence-corrected chi connectivity index (χ4v) is 4.72. The van der Waals surface area contributed by atoms with Gasteiger partial charge in [-0.25, -0.2) is 4.98 Å². The van der Waals surface area contributed by atoms with Crippen LogP contribution in [0.5, 0.6) is 0 Å². The van der Waals surface area contributed by atoms with Crippen molar-refractivity contribution in [3.8, 4) is 10.6 Å². The summed E-state index contributed by atoms with van der Waals surface area (Å²) in [6.45, 7) is 3.61. The van der Waals surface area contributed by atoms with Gasteiger partial charge < -0.3 is 21.7 Å². The molecule has 3 aromatic rings. The zero-order chi connectivity index (χ0) is 21.4. The molecule has 1 aliphatic rings. The Morgan fingerprint density at radius 1 is 1.30 bits per heavy atom. The van der Waals surface area contributed by atoms with Gasteiger partial charge in [-0.2, -0.15) is 10.2 Å². The number of amides is 1. The Kier molecular flexibility index (Phi) is 5.48. The topological polar surface area (TPSA) is 133 Å². The first kappa shape index (κ1) is 20.4. The smallest absolute Gasteiger partial charge is 0.277 e. The molecule has 4 heterocycles. The maximum atomic E-state index is 13.0. The molecule has 1 fully saturated rings. The molecule has 1 saturated heterocycles. The summed E-state index contributed by atoms with van der Waals surface area (Å²) in [5.41, 5.74) is 14.8. The van der Waals surface area contributed by atoms with E-state index < -0.39 is 0 Å². The normalized spacial score (nSPS) is 17.2. The first-order chi connectivity index (χ1) is 14.3. The number of thiazole rings is 1. The number of hydrogen-bond donors (Lipinski definition) is 3. The molecule has 0 bridgehead atoms. The number of aryl methyl sites for hydroxylation is 3. The average Bonchev–Trinajstić information content (AvgIpc) is 3.30. The van der Waals surface area contributed by atoms with Crippen molar-refractivity contribution in [2.24, 2.45) is 19.8 Å². The van der Waals surface area contributed by atoms with Crippen LogP contribution in [0.4, 0.5) is 16.5 Å². The van der Waals surface area contributed by atoms with Gasteiger partial charge in [0.2, 0.25) is 0 Å². The highest BCUT2D eigenvalue weighted by molar-refractivity contribution is 7.19. The van der Waals surface area contributed by atoms with E-state index in [9.17, 15) is 4.79 Å². The van der Waals surface area contributed by atoms with Crippen molar-refractivity contribution < 1.29 is 4.79 Å². The lowest BCUT2D eigenvalue weighted by Crippen LogP contribution is -2.29. The quantitative estimate of drug-likeness (QED) is 0.575. The Labute approximate surface area is 178 Å². The molecule has 5 N–H and O–H groups in total. The molecule has 1 amide bonds. The second-order valence-electron chi connectivity index (χ2n) is 7.67. The molecule has 1 aliphatic heterocycles. The van der Waals surface area contributed by atoms with Gasteiger partial charge in [-0.05, 0) is 26.2 Å². The van der Waals surface area contributed by atoms with Gasteiger partial charge in [-0.3, -0.25) is 14.2 Å². The van der Waals surface area contributed by atoms with Crippen LogP contribution in [0.2, 0.25) is 0 Å². The number of aromatic nitrogens is 5. The number of carbonyl (C=O) groups excluding carboxylic acids is 1. The van der Waals surface area contributed by atoms with Gasteiger partial charge in [-0.1, -0.05) is 11.3 Å². The minimum Gasteiger partial charge on any atom is -0.389 e. The van der Waals surface area contributed by atoms with Crippen LogP contribution in [0.15, 0.2) is 12.4 Å². The predicted molar refractivity (Wildman–Crippen MR) is 119 cm³/mol. The standard InChI is InChI=1S/C19H27N9OS/c1-11-13(10-26(2)25-11)18-24-15(16(21)30-18)17(29)23-14-9-22-27(3)19(14)28-7-4-5-12(20)6-8-28/h9-10,12H,4-8,20-21H2,1-3H3,(H,23,29)/t12-/m0/s1. The molecule has 30 heavy (non-hydrogen) atoms. The molecule has 0 aliphatic carbocycles. The van der Waals surface area contributed by atoms with Gasteiger partial charge in [-0.15, -0.1) is 0 Å². The lowest BCUT2D eigenvalue weighted by molar-refractivity contribution is 0.102. The van der Waals surface area contributed by atoms with Gasteiger partial charge in [0.15, 0.2) is 11.5 Å². The van der Waals surface area contributed by atoms with E-state index in [-0.39, 0.29) is 17.6 Å². The van der Waals surface area contributed by atoms with E-state index in [2.05, 4.69) is 25.4 Å². The Balaban J connectivity index is 1.57. The monoisotopic (exact) mass is 429 g/mol. The average molecular weight is 430 g/mol. The van der Waals surface area contributed by atoms with Crippen molar-refractivity contribution in [2.75, 3.05) is 29.0 Å². The van der Waals surface area contributed by atoms with Crippen molar-refractivity contribution in [2.45, 2.75) is 32.2 Å². The fraction of sp³-hybridized carbons (Fsp3) is 0.474. The minimum absolute atomic E-state index is 0.213. The van der Waals surface area contributed by atoms with E-state index in [4.69, 9.17) is 11.5 Å². The fourth-order valence-electron chi connectivity index (χ4n) is 3.83. The lowest BCUT2D eigenvalue weighted by Gasteiger charge is -2.24. The first-order valence-electron chi connectivity index (χ1n) is 9.94. The number of nitrogens with zero attached hydrogens (tertiary/aromatic N) is 6. The SMILES string of the molecule is Cc1nn(C)cc1-c1nc(C(=O)Nc2cnn(C)c2N2CCC[C@H](N)CC2)c(N)s1. The number of rotatable bonds is 4. The minimum atomic E-state index is -0.350. The molecule has 160 valence electrons. The van der Waals surface area contributed by atoms with Crippen LogP contribution >= 0.6 is 11.3 Å². The van der Waals surface area contributed by atoms with Crippen molar-refractivity contribution in [3.05, 3.63) is 23.8 Å². The molecule has 1 atom stereocenters. The molecule has 3 aromatic heterocycles. The van der Waals surface area contributed by atoms with Crippen LogP contribution in [-0.2, 0) is 14.1 Å². The predicted octanol–water partition coefficient (Wildman–Crippen LogP) is 1.74. The second kappa shape index (κ2) is 8.07. The van der Waals surface area contributed by atoms with Crippen LogP contribution < -0.4 is 21.7 Å². The molecular weight excluding hydrogens is 402 g/mol. The molecule has 0 aromatic carbocycles. The van der Waals surface area contributed by atoms with Gasteiger partial charge in [0.1, 0.15) is 15.7 Å². The summed E-state index contributed by atoms with van der Waals surface area (Å²) in [5, 5.41) is 12.7. The number of anilines is 3. The molecule has 0 saturated carbocycles. The Bertz CT molecular complexity index is 1070. The molecule has 0 spiro atoms. The highest BCUT2D eigenvalue weighted by Crippen LogP contribution is 2.33. The summed E-state index contributed by atoms with van der Waals surface area (Å²) >= 11 is 1.28. The second-order valence-corrected chi connectivity index (χ2v) is 8.70. The summed E-state index contributed by atoms with van der Waals surface area (Å²) in [4.78, 5) is 19.7. The molecule has 4 rings (SSSR count). The number of carbonyl (C=O) groups is 1. The van der Waals surface area contributed by atoms with E-state index in [0.29, 0.717) is 15.7 Å². The Morgan fingerprint density at radius 3 is 2.83 bits per heavy atom. The van der Waals surface area contributed by atoms with Gasteiger partial charge >= 0.3 is 0 Å². The third-order valence-electron chi connectivity index (χ3n) is 5.34. The molecule has 11 heteroatoms. The van der Waals surface area contributed by atoms with Crippen molar-refractivity contribution in [1.29, 1.82) is 0 Å². The zero-order valence-corrected chi connectivity index (χ0v) is 18.2. The van der Waals surface area contributed by atoms with Crippen LogP contribution in [0, 0.1) is 6.92 Å². The van der Waals surface area contributed by atoms with E-state index in [1.165, 1.54) is 11.3 Å². The van der Waals surface area contributed by atoms with Crippen LogP contribution in [0.25, 0.3) is 10.6 Å². The maximum Gasteiger partial charge on any atom is 0.277 e. The summed E-state index contributed by atoms with van der Waals surface area (Å²) in [7, 11) is 3.72. The zero-order valence-electron chi connectivity index (χ0n) is 17.4. The number of nitrogens with one attached hydrogen (secondary N) is 1. The highest BCUT2D eigenvalue weighted by Gasteiger charge is 2.24. The van der Waals surface area contributed by atoms with E-state index >= 15 is 0 Å². The van der Waals surface area contributed by atoms with Crippen molar-refractivity contribution in [3.63, 3.8) is 0 Å². The third-order valence-corrected chi connectivity index (χ3v) is 6.26. The summed E-state index contributed by atoms with van der Waals surface area (Å²) in [5.74, 6) is 0.520. The first-order valence-corrected chi connectivity index (χ1v) is 10.8. The maximum absolute atomic E-state index is 13.0. The van der Waals surface area contributed by atoms with Crippen LogP contribution in [-0.4, -0.2) is 49.6 Å². The third kappa shape index (κ3) is 3.90. The summed E-state index contributed by atoms with van der Waals surface area (Å²) in [6.07, 6.45) is 6.45.